The van der Waals surface area contributed by atoms with Crippen LogP contribution in [0, 0.1) is 0 Å². The van der Waals surface area contributed by atoms with Crippen molar-refractivity contribution in [1.82, 2.24) is 0 Å². The molecule has 0 aliphatic rings. The molecule has 0 aliphatic heterocycles. The summed E-state index contributed by atoms with van der Waals surface area (Å²) in [5, 5.41) is 3.41. The lowest BCUT2D eigenvalue weighted by Gasteiger charge is -2.04. The molecule has 0 fully saturated rings. The van der Waals surface area contributed by atoms with Gasteiger partial charge in [0.15, 0.2) is 0 Å². The van der Waals surface area contributed by atoms with Crippen LogP contribution < -0.4 is 5.32 Å². The Bertz CT molecular complexity index is 582. The summed E-state index contributed by atoms with van der Waals surface area (Å²) >= 11 is 10.8. The van der Waals surface area contributed by atoms with E-state index < -0.39 is 0 Å². The van der Waals surface area contributed by atoms with E-state index in [9.17, 15) is 4.79 Å². The van der Waals surface area contributed by atoms with E-state index in [0.29, 0.717) is 15.6 Å². The highest BCUT2D eigenvalue weighted by molar-refractivity contribution is 9.10. The summed E-state index contributed by atoms with van der Waals surface area (Å²) in [5.74, 6) is -0.0990. The fourth-order valence-corrected chi connectivity index (χ4v) is 2.73. The zero-order valence-electron chi connectivity index (χ0n) is 9.67. The Balaban J connectivity index is 2.13. The van der Waals surface area contributed by atoms with Crippen LogP contribution in [0.25, 0.3) is 0 Å². The maximum atomic E-state index is 12.0. The number of benzene rings is 1. The van der Waals surface area contributed by atoms with Gasteiger partial charge in [0.25, 0.3) is 5.91 Å². The quantitative estimate of drug-likeness (QED) is 0.836. The predicted octanol–water partition coefficient (Wildman–Crippen LogP) is 4.98. The summed E-state index contributed by atoms with van der Waals surface area (Å²) in [6.07, 6.45) is 0.946. The monoisotopic (exact) mass is 343 g/mol. The number of carbonyl (C=O) groups excluding carboxylic acids is 1. The SMILES string of the molecule is CCc1ccc(C(=O)Nc2ccc(Br)c(Cl)c2)s1. The molecular formula is C13H11BrClNOS. The summed E-state index contributed by atoms with van der Waals surface area (Å²) in [6.45, 7) is 2.07. The third-order valence-electron chi connectivity index (χ3n) is 2.41. The number of nitrogens with one attached hydrogen (secondary N) is 1. The number of halogens is 2. The first-order valence-corrected chi connectivity index (χ1v) is 7.44. The number of hydrogen-bond acceptors (Lipinski definition) is 2. The van der Waals surface area contributed by atoms with Gasteiger partial charge in [0, 0.05) is 15.0 Å². The molecule has 2 aromatic rings. The third-order valence-corrected chi connectivity index (χ3v) is 4.87. The van der Waals surface area contributed by atoms with Crippen LogP contribution in [0.15, 0.2) is 34.8 Å². The molecule has 2 rings (SSSR count). The largest absolute Gasteiger partial charge is 0.321 e. The molecule has 1 amide bonds. The minimum absolute atomic E-state index is 0.0990. The second-order valence-electron chi connectivity index (χ2n) is 3.70. The normalized spacial score (nSPS) is 10.4. The number of carbonyl (C=O) groups is 1. The second-order valence-corrected chi connectivity index (χ2v) is 6.13. The van der Waals surface area contributed by atoms with Gasteiger partial charge in [-0.25, -0.2) is 0 Å². The van der Waals surface area contributed by atoms with E-state index >= 15 is 0 Å². The summed E-state index contributed by atoms with van der Waals surface area (Å²) in [7, 11) is 0. The second kappa shape index (κ2) is 5.87. The first-order chi connectivity index (χ1) is 8.60. The molecule has 1 N–H and O–H groups in total. The fraction of sp³-hybridized carbons (Fsp3) is 0.154. The minimum atomic E-state index is -0.0990. The van der Waals surface area contributed by atoms with Gasteiger partial charge in [0.2, 0.25) is 0 Å². The van der Waals surface area contributed by atoms with Crippen LogP contribution in [0.3, 0.4) is 0 Å². The van der Waals surface area contributed by atoms with Gasteiger partial charge >= 0.3 is 0 Å². The van der Waals surface area contributed by atoms with E-state index in [1.54, 1.807) is 6.07 Å². The van der Waals surface area contributed by atoms with Crippen LogP contribution in [-0.4, -0.2) is 5.91 Å². The van der Waals surface area contributed by atoms with E-state index in [-0.39, 0.29) is 5.91 Å². The van der Waals surface area contributed by atoms with E-state index in [4.69, 9.17) is 11.6 Å². The topological polar surface area (TPSA) is 29.1 Å². The summed E-state index contributed by atoms with van der Waals surface area (Å²) < 4.78 is 0.812. The number of rotatable bonds is 3. The molecule has 0 saturated carbocycles. The van der Waals surface area contributed by atoms with Gasteiger partial charge in [-0.15, -0.1) is 11.3 Å². The predicted molar refractivity (Wildman–Crippen MR) is 80.8 cm³/mol. The number of amides is 1. The Kier molecular flexibility index (Phi) is 4.43. The summed E-state index contributed by atoms with van der Waals surface area (Å²) in [4.78, 5) is 13.9. The molecule has 1 heterocycles. The van der Waals surface area contributed by atoms with Crippen molar-refractivity contribution in [3.05, 3.63) is 49.6 Å². The van der Waals surface area contributed by atoms with Crippen molar-refractivity contribution < 1.29 is 4.79 Å². The number of thiophene rings is 1. The van der Waals surface area contributed by atoms with Gasteiger partial charge in [-0.2, -0.15) is 0 Å². The maximum Gasteiger partial charge on any atom is 0.265 e. The van der Waals surface area contributed by atoms with E-state index in [0.717, 1.165) is 10.9 Å². The van der Waals surface area contributed by atoms with Gasteiger partial charge in [0.05, 0.1) is 9.90 Å². The Hall–Kier alpha value is -0.840. The van der Waals surface area contributed by atoms with Crippen LogP contribution in [0.4, 0.5) is 5.69 Å². The van der Waals surface area contributed by atoms with Crippen molar-refractivity contribution in [2.24, 2.45) is 0 Å². The Morgan fingerprint density at radius 1 is 1.39 bits per heavy atom. The molecule has 1 aromatic heterocycles. The molecular weight excluding hydrogens is 334 g/mol. The maximum absolute atomic E-state index is 12.0. The molecule has 5 heteroatoms. The average Bonchev–Trinajstić information content (AvgIpc) is 2.82. The van der Waals surface area contributed by atoms with Crippen molar-refractivity contribution >= 4 is 50.5 Å². The molecule has 0 unspecified atom stereocenters. The highest BCUT2D eigenvalue weighted by Gasteiger charge is 2.09. The molecule has 2 nitrogen and oxygen atoms in total. The van der Waals surface area contributed by atoms with Crippen molar-refractivity contribution in [1.29, 1.82) is 0 Å². The summed E-state index contributed by atoms with van der Waals surface area (Å²) in [5.41, 5.74) is 0.694. The molecule has 1 aromatic carbocycles. The molecule has 18 heavy (non-hydrogen) atoms. The Morgan fingerprint density at radius 2 is 2.17 bits per heavy atom. The summed E-state index contributed by atoms with van der Waals surface area (Å²) in [6, 6.07) is 9.16. The van der Waals surface area contributed by atoms with E-state index in [2.05, 4.69) is 28.2 Å². The lowest BCUT2D eigenvalue weighted by molar-refractivity contribution is 0.103. The van der Waals surface area contributed by atoms with Crippen molar-refractivity contribution in [2.75, 3.05) is 5.32 Å². The Morgan fingerprint density at radius 3 is 2.78 bits per heavy atom. The first kappa shape index (κ1) is 13.6. The first-order valence-electron chi connectivity index (χ1n) is 5.45. The lowest BCUT2D eigenvalue weighted by atomic mass is 10.3. The van der Waals surface area contributed by atoms with Crippen LogP contribution in [-0.2, 0) is 6.42 Å². The van der Waals surface area contributed by atoms with Crippen LogP contribution >= 0.6 is 38.9 Å². The van der Waals surface area contributed by atoms with Gasteiger partial charge in [-0.3, -0.25) is 4.79 Å². The molecule has 0 aliphatic carbocycles. The molecule has 94 valence electrons. The lowest BCUT2D eigenvalue weighted by Crippen LogP contribution is -2.09. The highest BCUT2D eigenvalue weighted by Crippen LogP contribution is 2.26. The van der Waals surface area contributed by atoms with Gasteiger partial charge in [-0.05, 0) is 52.7 Å². The van der Waals surface area contributed by atoms with E-state index in [1.807, 2.05) is 24.3 Å². The van der Waals surface area contributed by atoms with Crippen LogP contribution in [0.1, 0.15) is 21.5 Å². The Labute approximate surface area is 123 Å². The zero-order valence-corrected chi connectivity index (χ0v) is 12.8. The van der Waals surface area contributed by atoms with Gasteiger partial charge in [0.1, 0.15) is 0 Å². The zero-order chi connectivity index (χ0) is 13.1. The van der Waals surface area contributed by atoms with Crippen LogP contribution in [0.5, 0.6) is 0 Å². The van der Waals surface area contributed by atoms with Crippen LogP contribution in [0.2, 0.25) is 5.02 Å². The molecule has 0 atom stereocenters. The van der Waals surface area contributed by atoms with Gasteiger partial charge < -0.3 is 5.32 Å². The fourth-order valence-electron chi connectivity index (χ4n) is 1.46. The smallest absolute Gasteiger partial charge is 0.265 e. The van der Waals surface area contributed by atoms with Crippen molar-refractivity contribution in [3.8, 4) is 0 Å². The number of anilines is 1. The standard InChI is InChI=1S/C13H11BrClNOS/c1-2-9-4-6-12(18-9)13(17)16-8-3-5-10(14)11(15)7-8/h3-7H,2H2,1H3,(H,16,17). The third kappa shape index (κ3) is 3.13. The van der Waals surface area contributed by atoms with Crippen molar-refractivity contribution in [3.63, 3.8) is 0 Å². The molecule has 0 radical (unpaired) electrons. The van der Waals surface area contributed by atoms with Gasteiger partial charge in [-0.1, -0.05) is 18.5 Å². The number of hydrogen-bond donors (Lipinski definition) is 1. The minimum Gasteiger partial charge on any atom is -0.321 e. The van der Waals surface area contributed by atoms with Crippen molar-refractivity contribution in [2.45, 2.75) is 13.3 Å². The van der Waals surface area contributed by atoms with E-state index in [1.165, 1.54) is 16.2 Å². The highest BCUT2D eigenvalue weighted by atomic mass is 79.9. The molecule has 0 bridgehead atoms. The molecule has 0 spiro atoms. The number of aryl methyl sites for hydroxylation is 1. The molecule has 0 saturated heterocycles. The average molecular weight is 345 g/mol.